The Hall–Kier alpha value is -2.61. The number of hydrogen-bond donors (Lipinski definition) is 1. The third kappa shape index (κ3) is 4.13. The second-order valence-corrected chi connectivity index (χ2v) is 8.48. The summed E-state index contributed by atoms with van der Waals surface area (Å²) in [5.41, 5.74) is 1.32. The summed E-state index contributed by atoms with van der Waals surface area (Å²) in [6.07, 6.45) is 2.25. The molecule has 2 aromatic rings. The minimum Gasteiger partial charge on any atom is -0.497 e. The summed E-state index contributed by atoms with van der Waals surface area (Å²) in [5.74, 6) is 1.25. The molecule has 1 aliphatic rings. The van der Waals surface area contributed by atoms with Crippen LogP contribution in [0.4, 0.5) is 11.5 Å². The second kappa shape index (κ2) is 7.33. The normalized spacial score (nSPS) is 18.3. The van der Waals surface area contributed by atoms with Crippen molar-refractivity contribution in [1.29, 1.82) is 0 Å². The lowest BCUT2D eigenvalue weighted by Crippen LogP contribution is -2.32. The van der Waals surface area contributed by atoms with Crippen molar-refractivity contribution < 1.29 is 17.9 Å². The zero-order chi connectivity index (χ0) is 18.7. The molecule has 0 bridgehead atoms. The van der Waals surface area contributed by atoms with E-state index in [1.807, 2.05) is 18.0 Å². The molecule has 0 radical (unpaired) electrons. The van der Waals surface area contributed by atoms with Crippen LogP contribution in [-0.4, -0.2) is 51.0 Å². The first-order chi connectivity index (χ1) is 12.4. The number of sulfone groups is 1. The monoisotopic (exact) mass is 375 g/mol. The lowest BCUT2D eigenvalue weighted by Gasteiger charge is -2.25. The SMILES string of the molecule is COc1ccc(C(=O)Nc2ccc(N(C)C3CCS(=O)(=O)C3)cn2)cc1. The number of rotatable bonds is 5. The van der Waals surface area contributed by atoms with E-state index >= 15 is 0 Å². The van der Waals surface area contributed by atoms with E-state index in [9.17, 15) is 13.2 Å². The molecular formula is C18H21N3O4S. The molecule has 1 unspecified atom stereocenters. The van der Waals surface area contributed by atoms with Crippen LogP contribution in [-0.2, 0) is 9.84 Å². The van der Waals surface area contributed by atoms with Crippen molar-refractivity contribution in [1.82, 2.24) is 4.98 Å². The Morgan fingerprint density at radius 1 is 1.23 bits per heavy atom. The summed E-state index contributed by atoms with van der Waals surface area (Å²) in [7, 11) is 0.491. The molecule has 3 rings (SSSR count). The summed E-state index contributed by atoms with van der Waals surface area (Å²) in [4.78, 5) is 18.4. The van der Waals surface area contributed by atoms with Crippen molar-refractivity contribution in [2.24, 2.45) is 0 Å². The first kappa shape index (κ1) is 18.2. The summed E-state index contributed by atoms with van der Waals surface area (Å²) >= 11 is 0. The topological polar surface area (TPSA) is 88.6 Å². The van der Waals surface area contributed by atoms with Crippen LogP contribution in [0, 0.1) is 0 Å². The van der Waals surface area contributed by atoms with Gasteiger partial charge in [-0.05, 0) is 42.8 Å². The number of ether oxygens (including phenoxy) is 1. The van der Waals surface area contributed by atoms with Crippen LogP contribution in [0.3, 0.4) is 0 Å². The quantitative estimate of drug-likeness (QED) is 0.859. The number of carbonyl (C=O) groups excluding carboxylic acids is 1. The molecule has 1 aromatic carbocycles. The number of pyridine rings is 1. The summed E-state index contributed by atoms with van der Waals surface area (Å²) in [5, 5.41) is 2.74. The molecule has 1 saturated heterocycles. The van der Waals surface area contributed by atoms with E-state index in [0.29, 0.717) is 23.6 Å². The van der Waals surface area contributed by atoms with Crippen LogP contribution >= 0.6 is 0 Å². The van der Waals surface area contributed by atoms with Crippen LogP contribution in [0.1, 0.15) is 16.8 Å². The summed E-state index contributed by atoms with van der Waals surface area (Å²) in [6, 6.07) is 10.3. The Morgan fingerprint density at radius 3 is 2.50 bits per heavy atom. The molecule has 1 aliphatic heterocycles. The van der Waals surface area contributed by atoms with Gasteiger partial charge in [0.15, 0.2) is 9.84 Å². The van der Waals surface area contributed by atoms with Crippen molar-refractivity contribution in [3.05, 3.63) is 48.2 Å². The van der Waals surface area contributed by atoms with Crippen molar-refractivity contribution >= 4 is 27.2 Å². The van der Waals surface area contributed by atoms with Gasteiger partial charge in [0.1, 0.15) is 11.6 Å². The third-order valence-corrected chi connectivity index (χ3v) is 6.26. The first-order valence-corrected chi connectivity index (χ1v) is 10.0. The Bertz CT molecular complexity index is 880. The fraction of sp³-hybridized carbons (Fsp3) is 0.333. The molecule has 0 saturated carbocycles. The van der Waals surface area contributed by atoms with Gasteiger partial charge in [-0.3, -0.25) is 4.79 Å². The third-order valence-electron chi connectivity index (χ3n) is 4.51. The van der Waals surface area contributed by atoms with Crippen LogP contribution < -0.4 is 15.0 Å². The van der Waals surface area contributed by atoms with Gasteiger partial charge in [-0.25, -0.2) is 13.4 Å². The van der Waals surface area contributed by atoms with Gasteiger partial charge in [0, 0.05) is 18.7 Å². The largest absolute Gasteiger partial charge is 0.497 e. The molecule has 7 nitrogen and oxygen atoms in total. The standard InChI is InChI=1S/C18H21N3O4S/c1-21(15-9-10-26(23,24)12-15)14-5-8-17(19-11-14)20-18(22)13-3-6-16(25-2)7-4-13/h3-8,11,15H,9-10,12H2,1-2H3,(H,19,20,22). The maximum atomic E-state index is 12.2. The Morgan fingerprint density at radius 2 is 1.96 bits per heavy atom. The van der Waals surface area contributed by atoms with Gasteiger partial charge in [0.25, 0.3) is 5.91 Å². The molecule has 1 atom stereocenters. The van der Waals surface area contributed by atoms with E-state index in [-0.39, 0.29) is 23.5 Å². The molecule has 1 aromatic heterocycles. The maximum Gasteiger partial charge on any atom is 0.256 e. The van der Waals surface area contributed by atoms with Crippen LogP contribution in [0.2, 0.25) is 0 Å². The molecule has 1 N–H and O–H groups in total. The molecule has 1 fully saturated rings. The number of carbonyl (C=O) groups is 1. The molecule has 0 spiro atoms. The van der Waals surface area contributed by atoms with Gasteiger partial charge in [-0.15, -0.1) is 0 Å². The van der Waals surface area contributed by atoms with Gasteiger partial charge in [-0.1, -0.05) is 0 Å². The van der Waals surface area contributed by atoms with Crippen LogP contribution in [0.25, 0.3) is 0 Å². The highest BCUT2D eigenvalue weighted by Gasteiger charge is 2.30. The fourth-order valence-corrected chi connectivity index (χ4v) is 4.67. The molecular weight excluding hydrogens is 354 g/mol. The van der Waals surface area contributed by atoms with Gasteiger partial charge in [0.2, 0.25) is 0 Å². The number of anilines is 2. The zero-order valence-electron chi connectivity index (χ0n) is 14.7. The number of amides is 1. The predicted octanol–water partition coefficient (Wildman–Crippen LogP) is 1.97. The summed E-state index contributed by atoms with van der Waals surface area (Å²) < 4.78 is 28.3. The number of nitrogens with zero attached hydrogens (tertiary/aromatic N) is 2. The van der Waals surface area contributed by atoms with E-state index < -0.39 is 9.84 Å². The smallest absolute Gasteiger partial charge is 0.256 e. The molecule has 1 amide bonds. The number of methoxy groups -OCH3 is 1. The number of nitrogens with one attached hydrogen (secondary N) is 1. The lowest BCUT2D eigenvalue weighted by atomic mass is 10.2. The van der Waals surface area contributed by atoms with Crippen molar-refractivity contribution in [2.45, 2.75) is 12.5 Å². The highest BCUT2D eigenvalue weighted by atomic mass is 32.2. The highest BCUT2D eigenvalue weighted by molar-refractivity contribution is 7.91. The Balaban J connectivity index is 1.64. The molecule has 0 aliphatic carbocycles. The van der Waals surface area contributed by atoms with E-state index in [4.69, 9.17) is 4.74 Å². The number of benzene rings is 1. The van der Waals surface area contributed by atoms with Crippen molar-refractivity contribution in [2.75, 3.05) is 35.9 Å². The minimum absolute atomic E-state index is 0.0402. The second-order valence-electron chi connectivity index (χ2n) is 6.25. The highest BCUT2D eigenvalue weighted by Crippen LogP contribution is 2.23. The van der Waals surface area contributed by atoms with Crippen LogP contribution in [0.15, 0.2) is 42.6 Å². The fourth-order valence-electron chi connectivity index (χ4n) is 2.89. The maximum absolute atomic E-state index is 12.2. The Labute approximate surface area is 152 Å². The van der Waals surface area contributed by atoms with Crippen molar-refractivity contribution in [3.63, 3.8) is 0 Å². The average Bonchev–Trinajstić information content (AvgIpc) is 3.01. The van der Waals surface area contributed by atoms with E-state index in [2.05, 4.69) is 10.3 Å². The molecule has 8 heteroatoms. The van der Waals surface area contributed by atoms with Gasteiger partial charge in [0.05, 0.1) is 30.5 Å². The average molecular weight is 375 g/mol. The zero-order valence-corrected chi connectivity index (χ0v) is 15.5. The van der Waals surface area contributed by atoms with Gasteiger partial charge >= 0.3 is 0 Å². The molecule has 138 valence electrons. The number of aromatic nitrogens is 1. The minimum atomic E-state index is -2.94. The van der Waals surface area contributed by atoms with Crippen LogP contribution in [0.5, 0.6) is 5.75 Å². The van der Waals surface area contributed by atoms with Gasteiger partial charge < -0.3 is 15.0 Å². The van der Waals surface area contributed by atoms with E-state index in [0.717, 1.165) is 5.69 Å². The van der Waals surface area contributed by atoms with Gasteiger partial charge in [-0.2, -0.15) is 0 Å². The van der Waals surface area contributed by atoms with E-state index in [1.165, 1.54) is 0 Å². The summed E-state index contributed by atoms with van der Waals surface area (Å²) in [6.45, 7) is 0. The number of hydrogen-bond acceptors (Lipinski definition) is 6. The molecule has 2 heterocycles. The lowest BCUT2D eigenvalue weighted by molar-refractivity contribution is 0.102. The molecule has 26 heavy (non-hydrogen) atoms. The first-order valence-electron chi connectivity index (χ1n) is 8.23. The van der Waals surface area contributed by atoms with Crippen molar-refractivity contribution in [3.8, 4) is 5.75 Å². The van der Waals surface area contributed by atoms with E-state index in [1.54, 1.807) is 43.6 Å². The predicted molar refractivity (Wildman–Crippen MR) is 101 cm³/mol. The Kier molecular flexibility index (Phi) is 5.13.